The molecule has 43 heavy (non-hydrogen) atoms. The van der Waals surface area contributed by atoms with Gasteiger partial charge in [-0.3, -0.25) is 14.5 Å². The maximum atomic E-state index is 14.9. The summed E-state index contributed by atoms with van der Waals surface area (Å²) < 4.78 is 59.5. The van der Waals surface area contributed by atoms with E-state index in [9.17, 15) is 22.0 Å². The second kappa shape index (κ2) is 12.4. The van der Waals surface area contributed by atoms with E-state index in [0.29, 0.717) is 29.6 Å². The average molecular weight is 612 g/mol. The molecule has 0 radical (unpaired) electrons. The molecule has 1 aliphatic rings. The first kappa shape index (κ1) is 30.0. The van der Waals surface area contributed by atoms with E-state index in [4.69, 9.17) is 9.84 Å². The Morgan fingerprint density at radius 3 is 2.58 bits per heavy atom. The van der Waals surface area contributed by atoms with Crippen LogP contribution in [0.2, 0.25) is 0 Å². The minimum Gasteiger partial charge on any atom is -0.494 e. The minimum absolute atomic E-state index is 0.0423. The number of pyridine rings is 1. The van der Waals surface area contributed by atoms with E-state index < -0.39 is 27.4 Å². The molecule has 1 aliphatic carbocycles. The lowest BCUT2D eigenvalue weighted by Gasteiger charge is -2.11. The van der Waals surface area contributed by atoms with Crippen LogP contribution < -0.4 is 15.4 Å². The molecule has 0 atom stereocenters. The van der Waals surface area contributed by atoms with Crippen LogP contribution in [0.15, 0.2) is 42.9 Å². The summed E-state index contributed by atoms with van der Waals surface area (Å²) in [6.45, 7) is 3.77. The highest BCUT2D eigenvalue weighted by Crippen LogP contribution is 2.43. The third-order valence-electron chi connectivity index (χ3n) is 6.89. The molecule has 0 spiro atoms. The van der Waals surface area contributed by atoms with Gasteiger partial charge < -0.3 is 15.4 Å². The second-order valence-corrected chi connectivity index (χ2v) is 12.5. The van der Waals surface area contributed by atoms with Gasteiger partial charge in [-0.05, 0) is 38.8 Å². The molecule has 11 nitrogen and oxygen atoms in total. The number of sulfone groups is 1. The van der Waals surface area contributed by atoms with E-state index >= 15 is 0 Å². The van der Waals surface area contributed by atoms with E-state index in [-0.39, 0.29) is 41.6 Å². The zero-order valence-electron chi connectivity index (χ0n) is 23.9. The van der Waals surface area contributed by atoms with Gasteiger partial charge in [0.2, 0.25) is 0 Å². The van der Waals surface area contributed by atoms with Gasteiger partial charge in [0.1, 0.15) is 38.7 Å². The van der Waals surface area contributed by atoms with Crippen molar-refractivity contribution in [2.45, 2.75) is 39.2 Å². The number of carbonyl (C=O) groups excluding carboxylic acids is 1. The third kappa shape index (κ3) is 7.13. The minimum atomic E-state index is -3.24. The monoisotopic (exact) mass is 611 g/mol. The lowest BCUT2D eigenvalue weighted by atomic mass is 10.1. The number of nitrogens with one attached hydrogen (secondary N) is 2. The Hall–Kier alpha value is -4.46. The van der Waals surface area contributed by atoms with Crippen LogP contribution in [0.5, 0.6) is 5.75 Å². The number of halogens is 2. The van der Waals surface area contributed by atoms with Crippen molar-refractivity contribution in [1.29, 1.82) is 0 Å². The Labute approximate surface area is 247 Å². The summed E-state index contributed by atoms with van der Waals surface area (Å²) in [4.78, 5) is 25.8. The summed E-state index contributed by atoms with van der Waals surface area (Å²) in [5.74, 6) is -1.10. The zero-order chi connectivity index (χ0) is 30.7. The highest BCUT2D eigenvalue weighted by atomic mass is 32.2. The van der Waals surface area contributed by atoms with Crippen molar-refractivity contribution in [2.75, 3.05) is 30.5 Å². The number of ether oxygens (including phenoxy) is 1. The molecular weight excluding hydrogens is 580 g/mol. The van der Waals surface area contributed by atoms with Gasteiger partial charge in [-0.25, -0.2) is 27.2 Å². The zero-order valence-corrected chi connectivity index (χ0v) is 24.7. The number of benzene rings is 1. The molecule has 226 valence electrons. The van der Waals surface area contributed by atoms with Crippen LogP contribution >= 0.6 is 0 Å². The van der Waals surface area contributed by atoms with Crippen molar-refractivity contribution in [3.63, 3.8) is 0 Å². The Morgan fingerprint density at radius 1 is 1.16 bits per heavy atom. The molecule has 1 aromatic carbocycles. The number of aromatic nitrogens is 5. The predicted molar refractivity (Wildman–Crippen MR) is 156 cm³/mol. The van der Waals surface area contributed by atoms with Crippen LogP contribution in [-0.2, 0) is 16.4 Å². The van der Waals surface area contributed by atoms with Crippen molar-refractivity contribution in [1.82, 2.24) is 30.0 Å². The first-order chi connectivity index (χ1) is 20.5. The molecule has 0 aliphatic heterocycles. The van der Waals surface area contributed by atoms with Crippen molar-refractivity contribution in [3.8, 4) is 17.3 Å². The van der Waals surface area contributed by atoms with E-state index in [2.05, 4.69) is 25.6 Å². The summed E-state index contributed by atoms with van der Waals surface area (Å²) in [7, 11) is -3.24. The van der Waals surface area contributed by atoms with Gasteiger partial charge >= 0.3 is 0 Å². The van der Waals surface area contributed by atoms with Crippen LogP contribution in [0.4, 0.5) is 20.3 Å². The molecule has 1 amide bonds. The van der Waals surface area contributed by atoms with Crippen LogP contribution in [-0.4, -0.2) is 64.2 Å². The first-order valence-electron chi connectivity index (χ1n) is 13.7. The summed E-state index contributed by atoms with van der Waals surface area (Å²) in [5, 5.41) is 10.4. The van der Waals surface area contributed by atoms with E-state index in [1.807, 2.05) is 6.92 Å². The van der Waals surface area contributed by atoms with E-state index in [1.54, 1.807) is 29.9 Å². The fourth-order valence-corrected chi connectivity index (χ4v) is 5.18. The van der Waals surface area contributed by atoms with Gasteiger partial charge in [0, 0.05) is 66.3 Å². The number of nitrogens with zero attached hydrogens (tertiary/aromatic N) is 5. The summed E-state index contributed by atoms with van der Waals surface area (Å²) in [6, 6.07) is 5.56. The first-order valence-corrected chi connectivity index (χ1v) is 15.8. The number of hydrogen-bond acceptors (Lipinski definition) is 9. The fourth-order valence-electron chi connectivity index (χ4n) is 4.71. The van der Waals surface area contributed by atoms with E-state index in [1.165, 1.54) is 24.5 Å². The van der Waals surface area contributed by atoms with Gasteiger partial charge in [0.25, 0.3) is 5.91 Å². The van der Waals surface area contributed by atoms with Crippen molar-refractivity contribution >= 4 is 27.2 Å². The molecule has 5 rings (SSSR count). The lowest BCUT2D eigenvalue weighted by molar-refractivity contribution is 0.0956. The number of carbonyl (C=O) groups is 1. The van der Waals surface area contributed by atoms with Crippen LogP contribution in [0, 0.1) is 18.6 Å². The standard InChI is InChI=1S/C29H31F2N7O4S/c1-4-42-19-13-22(30)21(23(31)14-19)16-38-27(18-5-6-18)17(2)26(37-38)28-33-10-8-25(36-28)35-24-7-9-32-15-20(24)29(39)34-11-12-43(3,40)41/h7-10,13-15,18H,4-6,11-12,16H2,1-3H3,(H,34,39)(H,32,33,35,36). The van der Waals surface area contributed by atoms with Crippen molar-refractivity contribution in [2.24, 2.45) is 0 Å². The topological polar surface area (TPSA) is 141 Å². The van der Waals surface area contributed by atoms with Crippen molar-refractivity contribution in [3.05, 3.63) is 76.9 Å². The average Bonchev–Trinajstić information content (AvgIpc) is 3.73. The molecule has 0 saturated heterocycles. The van der Waals surface area contributed by atoms with Crippen LogP contribution in [0.25, 0.3) is 11.5 Å². The third-order valence-corrected chi connectivity index (χ3v) is 7.84. The molecule has 0 unspecified atom stereocenters. The number of amides is 1. The summed E-state index contributed by atoms with van der Waals surface area (Å²) in [5.41, 5.74) is 2.67. The maximum Gasteiger partial charge on any atom is 0.254 e. The quantitative estimate of drug-likeness (QED) is 0.242. The fraction of sp³-hybridized carbons (Fsp3) is 0.345. The Morgan fingerprint density at radius 2 is 1.91 bits per heavy atom. The van der Waals surface area contributed by atoms with Gasteiger partial charge in [0.05, 0.1) is 30.2 Å². The van der Waals surface area contributed by atoms with Gasteiger partial charge in [-0.1, -0.05) is 0 Å². The lowest BCUT2D eigenvalue weighted by Crippen LogP contribution is -2.29. The Balaban J connectivity index is 1.41. The molecule has 1 saturated carbocycles. The highest BCUT2D eigenvalue weighted by molar-refractivity contribution is 7.90. The van der Waals surface area contributed by atoms with Gasteiger partial charge in [-0.2, -0.15) is 5.10 Å². The number of anilines is 2. The van der Waals surface area contributed by atoms with Crippen molar-refractivity contribution < 1.29 is 26.7 Å². The maximum absolute atomic E-state index is 14.9. The highest BCUT2D eigenvalue weighted by Gasteiger charge is 2.32. The second-order valence-electron chi connectivity index (χ2n) is 10.3. The summed E-state index contributed by atoms with van der Waals surface area (Å²) >= 11 is 0. The number of rotatable bonds is 12. The molecule has 3 aromatic heterocycles. The van der Waals surface area contributed by atoms with E-state index in [0.717, 1.165) is 30.4 Å². The van der Waals surface area contributed by atoms with Gasteiger partial charge in [0.15, 0.2) is 5.82 Å². The Bertz CT molecular complexity index is 1750. The van der Waals surface area contributed by atoms with Crippen LogP contribution in [0.1, 0.15) is 52.9 Å². The normalized spacial score (nSPS) is 13.1. The molecule has 0 bridgehead atoms. The predicted octanol–water partition coefficient (Wildman–Crippen LogP) is 4.16. The van der Waals surface area contributed by atoms with Gasteiger partial charge in [-0.15, -0.1) is 0 Å². The smallest absolute Gasteiger partial charge is 0.254 e. The molecular formula is C29H31F2N7O4S. The SMILES string of the molecule is CCOc1cc(F)c(Cn2nc(-c3nccc(Nc4ccncc4C(=O)NCCS(C)(=O)=O)n3)c(C)c2C2CC2)c(F)c1. The summed E-state index contributed by atoms with van der Waals surface area (Å²) in [6.07, 6.45) is 7.40. The molecule has 3 heterocycles. The molecule has 14 heteroatoms. The number of hydrogen-bond donors (Lipinski definition) is 2. The molecule has 4 aromatic rings. The van der Waals surface area contributed by atoms with Crippen LogP contribution in [0.3, 0.4) is 0 Å². The Kier molecular flexibility index (Phi) is 8.67. The molecule has 1 fully saturated rings. The molecule has 2 N–H and O–H groups in total. The largest absolute Gasteiger partial charge is 0.494 e.